The summed E-state index contributed by atoms with van der Waals surface area (Å²) in [6.45, 7) is 0. The maximum atomic E-state index is 11.4. The largest absolute Gasteiger partial charge is 0.451 e. The molecule has 1 N–H and O–H groups in total. The van der Waals surface area contributed by atoms with Gasteiger partial charge in [-0.15, -0.1) is 5.10 Å². The molecule has 2 aromatic rings. The molecule has 0 spiro atoms. The van der Waals surface area contributed by atoms with Gasteiger partial charge in [0.2, 0.25) is 0 Å². The van der Waals surface area contributed by atoms with Crippen LogP contribution in [0.2, 0.25) is 0 Å². The Balaban J connectivity index is 2.70. The lowest BCUT2D eigenvalue weighted by atomic mass is 10.2. The van der Waals surface area contributed by atoms with Crippen molar-refractivity contribution in [1.29, 1.82) is 0 Å². The number of ether oxygens (including phenoxy) is 1. The van der Waals surface area contributed by atoms with Crippen LogP contribution in [0.4, 0.5) is 10.6 Å². The first-order valence-corrected chi connectivity index (χ1v) is 4.51. The summed E-state index contributed by atoms with van der Waals surface area (Å²) in [6.07, 6.45) is -0.493. The second-order valence-electron chi connectivity index (χ2n) is 3.00. The Kier molecular flexibility index (Phi) is 2.29. The summed E-state index contributed by atoms with van der Waals surface area (Å²) in [4.78, 5) is 11.4. The fraction of sp³-hybridized carbons (Fsp3) is 0.200. The molecule has 0 aliphatic carbocycles. The Bertz CT molecular complexity index is 504. The molecule has 0 fully saturated rings. The molecule has 0 atom stereocenters. The van der Waals surface area contributed by atoms with Gasteiger partial charge in [-0.1, -0.05) is 12.1 Å². The van der Waals surface area contributed by atoms with Crippen LogP contribution in [-0.4, -0.2) is 30.0 Å². The summed E-state index contributed by atoms with van der Waals surface area (Å²) >= 11 is 0. The van der Waals surface area contributed by atoms with Gasteiger partial charge >= 0.3 is 6.09 Å². The van der Waals surface area contributed by atoms with E-state index in [-0.39, 0.29) is 0 Å². The molecule has 1 aromatic heterocycles. The average Bonchev–Trinajstić information content (AvgIpc) is 2.67. The molecular formula is C10H11N3O2. The molecule has 0 bridgehead atoms. The quantitative estimate of drug-likeness (QED) is 0.769. The zero-order valence-corrected chi connectivity index (χ0v) is 8.52. The molecule has 0 aliphatic heterocycles. The van der Waals surface area contributed by atoms with Gasteiger partial charge in [0.05, 0.1) is 12.6 Å². The first-order chi connectivity index (χ1) is 7.27. The Hall–Kier alpha value is -2.04. The smallest absolute Gasteiger partial charge is 0.435 e. The molecule has 0 aliphatic rings. The minimum absolute atomic E-state index is 0.493. The van der Waals surface area contributed by atoms with Crippen LogP contribution in [0.1, 0.15) is 0 Å². The summed E-state index contributed by atoms with van der Waals surface area (Å²) in [5.41, 5.74) is 0.730. The molecule has 1 heterocycles. The Morgan fingerprint density at radius 2 is 2.20 bits per heavy atom. The molecule has 0 radical (unpaired) electrons. The van der Waals surface area contributed by atoms with Crippen LogP contribution in [-0.2, 0) is 4.74 Å². The fourth-order valence-corrected chi connectivity index (χ4v) is 1.48. The molecular weight excluding hydrogens is 194 g/mol. The van der Waals surface area contributed by atoms with Crippen LogP contribution < -0.4 is 5.32 Å². The molecule has 5 nitrogen and oxygen atoms in total. The van der Waals surface area contributed by atoms with Crippen molar-refractivity contribution >= 4 is 22.8 Å². The van der Waals surface area contributed by atoms with E-state index >= 15 is 0 Å². The molecule has 78 valence electrons. The number of nitrogens with one attached hydrogen (secondary N) is 1. The Labute approximate surface area is 86.6 Å². The highest BCUT2D eigenvalue weighted by molar-refractivity contribution is 5.95. The number of anilines is 1. The van der Waals surface area contributed by atoms with Gasteiger partial charge < -0.3 is 10.1 Å². The van der Waals surface area contributed by atoms with E-state index in [1.54, 1.807) is 7.05 Å². The van der Waals surface area contributed by atoms with E-state index in [0.717, 1.165) is 10.9 Å². The van der Waals surface area contributed by atoms with Gasteiger partial charge in [0, 0.05) is 12.4 Å². The second kappa shape index (κ2) is 3.61. The maximum absolute atomic E-state index is 11.4. The first kappa shape index (κ1) is 9.51. The average molecular weight is 205 g/mol. The van der Waals surface area contributed by atoms with Crippen molar-refractivity contribution in [3.8, 4) is 0 Å². The third-order valence-corrected chi connectivity index (χ3v) is 2.17. The summed E-state index contributed by atoms with van der Waals surface area (Å²) in [5.74, 6) is 0.663. The minimum atomic E-state index is -0.493. The van der Waals surface area contributed by atoms with E-state index in [0.29, 0.717) is 5.82 Å². The van der Waals surface area contributed by atoms with Crippen molar-refractivity contribution in [2.24, 2.45) is 0 Å². The topological polar surface area (TPSA) is 56.2 Å². The molecule has 2 rings (SSSR count). The third-order valence-electron chi connectivity index (χ3n) is 2.17. The minimum Gasteiger partial charge on any atom is -0.451 e. The summed E-state index contributed by atoms with van der Waals surface area (Å²) < 4.78 is 5.87. The molecule has 0 amide bonds. The number of methoxy groups -OCH3 is 1. The molecule has 0 unspecified atom stereocenters. The SMILES string of the molecule is CNc1nn(C(=O)OC)c2ccccc12. The van der Waals surface area contributed by atoms with Gasteiger partial charge in [-0.3, -0.25) is 0 Å². The number of para-hydroxylation sites is 1. The van der Waals surface area contributed by atoms with Crippen molar-refractivity contribution in [3.05, 3.63) is 24.3 Å². The number of carbonyl (C=O) groups excluding carboxylic acids is 1. The van der Waals surface area contributed by atoms with Crippen LogP contribution in [0.15, 0.2) is 24.3 Å². The molecule has 0 saturated carbocycles. The number of hydrogen-bond acceptors (Lipinski definition) is 4. The van der Waals surface area contributed by atoms with Gasteiger partial charge in [0.15, 0.2) is 5.82 Å². The van der Waals surface area contributed by atoms with Crippen molar-refractivity contribution in [1.82, 2.24) is 9.78 Å². The summed E-state index contributed by atoms with van der Waals surface area (Å²) in [5, 5.41) is 7.93. The maximum Gasteiger partial charge on any atom is 0.435 e. The van der Waals surface area contributed by atoms with Crippen LogP contribution in [0.5, 0.6) is 0 Å². The lowest BCUT2D eigenvalue weighted by molar-refractivity contribution is 0.170. The highest BCUT2D eigenvalue weighted by Gasteiger charge is 2.13. The first-order valence-electron chi connectivity index (χ1n) is 4.51. The number of hydrogen-bond donors (Lipinski definition) is 1. The Morgan fingerprint density at radius 3 is 2.87 bits per heavy atom. The van der Waals surface area contributed by atoms with Gasteiger partial charge in [-0.05, 0) is 12.1 Å². The van der Waals surface area contributed by atoms with Crippen LogP contribution in [0, 0.1) is 0 Å². The third kappa shape index (κ3) is 1.41. The molecule has 5 heteroatoms. The lowest BCUT2D eigenvalue weighted by Gasteiger charge is -1.98. The zero-order valence-electron chi connectivity index (χ0n) is 8.52. The van der Waals surface area contributed by atoms with Gasteiger partial charge in [-0.25, -0.2) is 4.79 Å². The van der Waals surface area contributed by atoms with Crippen molar-refractivity contribution in [3.63, 3.8) is 0 Å². The standard InChI is InChI=1S/C10H11N3O2/c1-11-9-7-5-3-4-6-8(7)13(12-9)10(14)15-2/h3-6H,1-2H3,(H,11,12). The highest BCUT2D eigenvalue weighted by atomic mass is 16.5. The normalized spacial score (nSPS) is 10.3. The number of fused-ring (bicyclic) bond motifs is 1. The second-order valence-corrected chi connectivity index (χ2v) is 3.00. The van der Waals surface area contributed by atoms with Crippen molar-refractivity contribution in [2.75, 3.05) is 19.5 Å². The van der Waals surface area contributed by atoms with Gasteiger partial charge in [0.1, 0.15) is 0 Å². The van der Waals surface area contributed by atoms with Crippen LogP contribution in [0.3, 0.4) is 0 Å². The summed E-state index contributed by atoms with van der Waals surface area (Å²) in [7, 11) is 3.09. The number of aromatic nitrogens is 2. The van der Waals surface area contributed by atoms with E-state index < -0.39 is 6.09 Å². The van der Waals surface area contributed by atoms with Crippen molar-refractivity contribution in [2.45, 2.75) is 0 Å². The number of nitrogens with zero attached hydrogens (tertiary/aromatic N) is 2. The summed E-state index contributed by atoms with van der Waals surface area (Å²) in [6, 6.07) is 7.46. The highest BCUT2D eigenvalue weighted by Crippen LogP contribution is 2.21. The van der Waals surface area contributed by atoms with Gasteiger partial charge in [0.25, 0.3) is 0 Å². The van der Waals surface area contributed by atoms with Gasteiger partial charge in [-0.2, -0.15) is 4.68 Å². The molecule has 15 heavy (non-hydrogen) atoms. The zero-order chi connectivity index (χ0) is 10.8. The van der Waals surface area contributed by atoms with E-state index in [9.17, 15) is 4.79 Å². The monoisotopic (exact) mass is 205 g/mol. The van der Waals surface area contributed by atoms with Crippen LogP contribution >= 0.6 is 0 Å². The van der Waals surface area contributed by atoms with E-state index in [4.69, 9.17) is 0 Å². The van der Waals surface area contributed by atoms with E-state index in [1.165, 1.54) is 11.8 Å². The predicted molar refractivity (Wildman–Crippen MR) is 57.1 cm³/mol. The lowest BCUT2D eigenvalue weighted by Crippen LogP contribution is -2.12. The van der Waals surface area contributed by atoms with E-state index in [2.05, 4.69) is 15.2 Å². The van der Waals surface area contributed by atoms with Crippen molar-refractivity contribution < 1.29 is 9.53 Å². The fourth-order valence-electron chi connectivity index (χ4n) is 1.48. The van der Waals surface area contributed by atoms with E-state index in [1.807, 2.05) is 24.3 Å². The Morgan fingerprint density at radius 1 is 1.47 bits per heavy atom. The molecule has 0 saturated heterocycles. The number of rotatable bonds is 1. The molecule has 1 aromatic carbocycles. The number of benzene rings is 1. The number of carbonyl (C=O) groups is 1. The predicted octanol–water partition coefficient (Wildman–Crippen LogP) is 1.69. The van der Waals surface area contributed by atoms with Crippen LogP contribution in [0.25, 0.3) is 10.9 Å².